The van der Waals surface area contributed by atoms with Crippen molar-refractivity contribution >= 4 is 11.8 Å². The molecule has 0 spiro atoms. The minimum atomic E-state index is -0.523. The molecule has 1 N–H and O–H groups in total. The molecule has 1 fully saturated rings. The standard InChI is InChI=1S/C20H23NO3/c1-23-19-10-6-5-9-18(19)21-20(22)24-17-13-11-16(12-14-17)15-7-3-2-4-8-15/h5-6,9-15H,2-4,7-8H2,1H3,(H,21,22). The van der Waals surface area contributed by atoms with Gasteiger partial charge in [-0.2, -0.15) is 0 Å². The highest BCUT2D eigenvalue weighted by Crippen LogP contribution is 2.33. The predicted molar refractivity (Wildman–Crippen MR) is 94.9 cm³/mol. The van der Waals surface area contributed by atoms with E-state index in [1.54, 1.807) is 19.2 Å². The van der Waals surface area contributed by atoms with E-state index in [4.69, 9.17) is 9.47 Å². The summed E-state index contributed by atoms with van der Waals surface area (Å²) in [5.41, 5.74) is 1.93. The average Bonchev–Trinajstić information content (AvgIpc) is 2.63. The van der Waals surface area contributed by atoms with Gasteiger partial charge in [-0.3, -0.25) is 5.32 Å². The quantitative estimate of drug-likeness (QED) is 0.824. The van der Waals surface area contributed by atoms with Crippen LogP contribution in [0.4, 0.5) is 10.5 Å². The fourth-order valence-electron chi connectivity index (χ4n) is 3.23. The number of carbonyl (C=O) groups is 1. The van der Waals surface area contributed by atoms with Gasteiger partial charge in [-0.15, -0.1) is 0 Å². The summed E-state index contributed by atoms with van der Waals surface area (Å²) in [6.07, 6.45) is 5.96. The van der Waals surface area contributed by atoms with Crippen LogP contribution in [-0.2, 0) is 0 Å². The Balaban J connectivity index is 1.60. The Morgan fingerprint density at radius 1 is 1.00 bits per heavy atom. The zero-order valence-electron chi connectivity index (χ0n) is 14.0. The first-order valence-corrected chi connectivity index (χ1v) is 8.48. The molecule has 1 aliphatic rings. The van der Waals surface area contributed by atoms with E-state index < -0.39 is 6.09 Å². The molecule has 0 heterocycles. The van der Waals surface area contributed by atoms with Crippen LogP contribution in [0.5, 0.6) is 11.5 Å². The van der Waals surface area contributed by atoms with Gasteiger partial charge in [0.15, 0.2) is 0 Å². The Morgan fingerprint density at radius 3 is 2.42 bits per heavy atom. The molecule has 0 aliphatic heterocycles. The number of amides is 1. The van der Waals surface area contributed by atoms with Crippen molar-refractivity contribution in [1.29, 1.82) is 0 Å². The Labute approximate surface area is 142 Å². The van der Waals surface area contributed by atoms with Crippen LogP contribution < -0.4 is 14.8 Å². The third-order valence-electron chi connectivity index (χ3n) is 4.51. The van der Waals surface area contributed by atoms with Crippen molar-refractivity contribution in [1.82, 2.24) is 0 Å². The second-order valence-corrected chi connectivity index (χ2v) is 6.12. The molecular formula is C20H23NO3. The van der Waals surface area contributed by atoms with Crippen LogP contribution in [0.25, 0.3) is 0 Å². The van der Waals surface area contributed by atoms with Crippen LogP contribution in [0.15, 0.2) is 48.5 Å². The number of hydrogen-bond donors (Lipinski definition) is 1. The van der Waals surface area contributed by atoms with E-state index >= 15 is 0 Å². The summed E-state index contributed by atoms with van der Waals surface area (Å²) >= 11 is 0. The molecule has 4 nitrogen and oxygen atoms in total. The Morgan fingerprint density at radius 2 is 1.71 bits per heavy atom. The van der Waals surface area contributed by atoms with Crippen LogP contribution in [0.3, 0.4) is 0 Å². The largest absolute Gasteiger partial charge is 0.495 e. The highest BCUT2D eigenvalue weighted by Gasteiger charge is 2.15. The second kappa shape index (κ2) is 7.86. The molecule has 24 heavy (non-hydrogen) atoms. The van der Waals surface area contributed by atoms with Gasteiger partial charge in [-0.1, -0.05) is 43.5 Å². The minimum absolute atomic E-state index is 0.523. The number of para-hydroxylation sites is 2. The molecule has 0 saturated heterocycles. The predicted octanol–water partition coefficient (Wildman–Crippen LogP) is 5.35. The molecule has 1 saturated carbocycles. The van der Waals surface area contributed by atoms with Crippen LogP contribution in [0.1, 0.15) is 43.6 Å². The topological polar surface area (TPSA) is 47.6 Å². The molecule has 2 aromatic rings. The van der Waals surface area contributed by atoms with Crippen molar-refractivity contribution in [3.05, 3.63) is 54.1 Å². The Hall–Kier alpha value is -2.49. The van der Waals surface area contributed by atoms with E-state index in [0.29, 0.717) is 23.1 Å². The third-order valence-corrected chi connectivity index (χ3v) is 4.51. The molecule has 3 rings (SSSR count). The summed E-state index contributed by atoms with van der Waals surface area (Å²) in [6, 6.07) is 15.1. The Kier molecular flexibility index (Phi) is 5.36. The first-order chi connectivity index (χ1) is 11.8. The number of benzene rings is 2. The molecule has 0 aromatic heterocycles. The molecule has 0 unspecified atom stereocenters. The van der Waals surface area contributed by atoms with Gasteiger partial charge in [0.2, 0.25) is 0 Å². The average molecular weight is 325 g/mol. The van der Waals surface area contributed by atoms with E-state index in [1.807, 2.05) is 24.3 Å². The summed E-state index contributed by atoms with van der Waals surface area (Å²) < 4.78 is 10.6. The van der Waals surface area contributed by atoms with Gasteiger partial charge >= 0.3 is 6.09 Å². The number of rotatable bonds is 4. The highest BCUT2D eigenvalue weighted by molar-refractivity contribution is 5.88. The summed E-state index contributed by atoms with van der Waals surface area (Å²) in [6.45, 7) is 0. The lowest BCUT2D eigenvalue weighted by molar-refractivity contribution is 0.215. The van der Waals surface area contributed by atoms with Gasteiger partial charge < -0.3 is 9.47 Å². The smallest absolute Gasteiger partial charge is 0.417 e. The maximum atomic E-state index is 12.0. The van der Waals surface area contributed by atoms with E-state index in [0.717, 1.165) is 0 Å². The van der Waals surface area contributed by atoms with E-state index in [-0.39, 0.29) is 0 Å². The maximum absolute atomic E-state index is 12.0. The molecule has 1 amide bonds. The van der Waals surface area contributed by atoms with E-state index in [1.165, 1.54) is 37.7 Å². The molecule has 2 aromatic carbocycles. The van der Waals surface area contributed by atoms with Gasteiger partial charge in [0.05, 0.1) is 12.8 Å². The summed E-state index contributed by atoms with van der Waals surface area (Å²) in [5.74, 6) is 1.79. The zero-order valence-corrected chi connectivity index (χ0v) is 14.0. The number of nitrogens with one attached hydrogen (secondary N) is 1. The first kappa shape index (κ1) is 16.4. The second-order valence-electron chi connectivity index (χ2n) is 6.12. The third kappa shape index (κ3) is 4.07. The molecule has 0 bridgehead atoms. The summed E-state index contributed by atoms with van der Waals surface area (Å²) in [7, 11) is 1.57. The highest BCUT2D eigenvalue weighted by atomic mass is 16.6. The van der Waals surface area contributed by atoms with Crippen molar-refractivity contribution in [2.75, 3.05) is 12.4 Å². The van der Waals surface area contributed by atoms with Gasteiger partial charge in [0.1, 0.15) is 11.5 Å². The van der Waals surface area contributed by atoms with Crippen molar-refractivity contribution in [3.63, 3.8) is 0 Å². The van der Waals surface area contributed by atoms with E-state index in [2.05, 4.69) is 17.4 Å². The molecule has 0 atom stereocenters. The van der Waals surface area contributed by atoms with Crippen LogP contribution in [-0.4, -0.2) is 13.2 Å². The lowest BCUT2D eigenvalue weighted by atomic mass is 9.84. The lowest BCUT2D eigenvalue weighted by Crippen LogP contribution is -2.17. The maximum Gasteiger partial charge on any atom is 0.417 e. The Bertz CT molecular complexity index is 676. The number of anilines is 1. The molecule has 1 aliphatic carbocycles. The summed E-state index contributed by atoms with van der Waals surface area (Å²) in [4.78, 5) is 12.0. The minimum Gasteiger partial charge on any atom is -0.495 e. The van der Waals surface area contributed by atoms with Gasteiger partial charge in [-0.05, 0) is 48.6 Å². The van der Waals surface area contributed by atoms with Crippen LogP contribution in [0, 0.1) is 0 Å². The SMILES string of the molecule is COc1ccccc1NC(=O)Oc1ccc(C2CCCCC2)cc1. The van der Waals surface area contributed by atoms with Gasteiger partial charge in [-0.25, -0.2) is 4.79 Å². The normalized spacial score (nSPS) is 14.9. The molecule has 126 valence electrons. The lowest BCUT2D eigenvalue weighted by Gasteiger charge is -2.22. The van der Waals surface area contributed by atoms with Crippen LogP contribution >= 0.6 is 0 Å². The number of ether oxygens (including phenoxy) is 2. The van der Waals surface area contributed by atoms with Crippen molar-refractivity contribution in [3.8, 4) is 11.5 Å². The molecule has 4 heteroatoms. The van der Waals surface area contributed by atoms with E-state index in [9.17, 15) is 4.79 Å². The molecular weight excluding hydrogens is 302 g/mol. The van der Waals surface area contributed by atoms with Crippen LogP contribution in [0.2, 0.25) is 0 Å². The summed E-state index contributed by atoms with van der Waals surface area (Å²) in [5, 5.41) is 2.70. The fourth-order valence-corrected chi connectivity index (χ4v) is 3.23. The van der Waals surface area contributed by atoms with Crippen molar-refractivity contribution in [2.45, 2.75) is 38.0 Å². The number of hydrogen-bond acceptors (Lipinski definition) is 3. The molecule has 0 radical (unpaired) electrons. The first-order valence-electron chi connectivity index (χ1n) is 8.48. The number of methoxy groups -OCH3 is 1. The van der Waals surface area contributed by atoms with Gasteiger partial charge in [0, 0.05) is 0 Å². The van der Waals surface area contributed by atoms with Gasteiger partial charge in [0.25, 0.3) is 0 Å². The zero-order chi connectivity index (χ0) is 16.8. The number of carbonyl (C=O) groups excluding carboxylic acids is 1. The van der Waals surface area contributed by atoms with Crippen molar-refractivity contribution < 1.29 is 14.3 Å². The fraction of sp³-hybridized carbons (Fsp3) is 0.350. The van der Waals surface area contributed by atoms with Crippen molar-refractivity contribution in [2.24, 2.45) is 0 Å². The monoisotopic (exact) mass is 325 g/mol.